The number of halogens is 3. The highest BCUT2D eigenvalue weighted by Crippen LogP contribution is 2.31. The average molecular weight is 441 g/mol. The van der Waals surface area contributed by atoms with E-state index >= 15 is 0 Å². The molecule has 0 atom stereocenters. The van der Waals surface area contributed by atoms with Crippen LogP contribution in [0.1, 0.15) is 53.2 Å². The Kier molecular flexibility index (Phi) is 6.96. The number of nitrogens with zero attached hydrogens (tertiary/aromatic N) is 2. The molecule has 1 aromatic carbocycles. The van der Waals surface area contributed by atoms with Crippen LogP contribution in [0.2, 0.25) is 0 Å². The summed E-state index contributed by atoms with van der Waals surface area (Å²) in [5.41, 5.74) is -0.587. The van der Waals surface area contributed by atoms with E-state index in [2.05, 4.69) is 15.0 Å². The number of aromatic nitrogens is 1. The molecular formula is C20H22F3N3O3S. The molecule has 0 bridgehead atoms. The first-order chi connectivity index (χ1) is 14.3. The smallest absolute Gasteiger partial charge is 0.416 e. The summed E-state index contributed by atoms with van der Waals surface area (Å²) in [4.78, 5) is 30.5. The van der Waals surface area contributed by atoms with Crippen molar-refractivity contribution >= 4 is 29.0 Å². The van der Waals surface area contributed by atoms with Crippen LogP contribution in [0.25, 0.3) is 0 Å². The van der Waals surface area contributed by atoms with Crippen LogP contribution in [0.5, 0.6) is 0 Å². The number of ether oxygens (including phenoxy) is 1. The molecule has 162 valence electrons. The number of carbonyl (C=O) groups excluding carboxylic acids is 2. The number of hydrogen-bond donors (Lipinski definition) is 1. The lowest BCUT2D eigenvalue weighted by Crippen LogP contribution is -2.43. The highest BCUT2D eigenvalue weighted by atomic mass is 32.1. The zero-order valence-corrected chi connectivity index (χ0v) is 17.2. The van der Waals surface area contributed by atoms with Crippen molar-refractivity contribution in [2.24, 2.45) is 0 Å². The van der Waals surface area contributed by atoms with Crippen LogP contribution in [-0.2, 0) is 17.5 Å². The maximum Gasteiger partial charge on any atom is 0.416 e. The first-order valence-electron chi connectivity index (χ1n) is 9.55. The van der Waals surface area contributed by atoms with Gasteiger partial charge in [0.25, 0.3) is 0 Å². The number of carbonyl (C=O) groups is 2. The van der Waals surface area contributed by atoms with Gasteiger partial charge in [-0.1, -0.05) is 25.3 Å². The lowest BCUT2D eigenvalue weighted by molar-refractivity contribution is -0.137. The predicted octanol–water partition coefficient (Wildman–Crippen LogP) is 5.32. The number of anilines is 1. The monoisotopic (exact) mass is 441 g/mol. The topological polar surface area (TPSA) is 71.5 Å². The summed E-state index contributed by atoms with van der Waals surface area (Å²) in [5.74, 6) is -0.560. The molecule has 0 radical (unpaired) electrons. The summed E-state index contributed by atoms with van der Waals surface area (Å²) in [6.45, 7) is 0.164. The third-order valence-corrected chi connectivity index (χ3v) is 5.80. The number of rotatable bonds is 5. The normalized spacial score (nSPS) is 14.9. The van der Waals surface area contributed by atoms with Gasteiger partial charge in [0, 0.05) is 17.1 Å². The lowest BCUT2D eigenvalue weighted by Gasteiger charge is -2.34. The molecule has 6 nitrogen and oxygen atoms in total. The van der Waals surface area contributed by atoms with Crippen LogP contribution < -0.4 is 5.32 Å². The van der Waals surface area contributed by atoms with Crippen molar-refractivity contribution in [3.63, 3.8) is 0 Å². The molecule has 1 aliphatic carbocycles. The minimum atomic E-state index is -4.49. The maximum absolute atomic E-state index is 13.0. The Labute approximate surface area is 176 Å². The average Bonchev–Trinajstić information content (AvgIpc) is 3.20. The van der Waals surface area contributed by atoms with Gasteiger partial charge in [0.05, 0.1) is 19.2 Å². The molecule has 2 aromatic rings. The number of thiazole rings is 1. The summed E-state index contributed by atoms with van der Waals surface area (Å²) < 4.78 is 43.6. The Morgan fingerprint density at radius 2 is 2.00 bits per heavy atom. The van der Waals surface area contributed by atoms with Crippen molar-refractivity contribution in [3.8, 4) is 0 Å². The van der Waals surface area contributed by atoms with Crippen LogP contribution >= 0.6 is 11.3 Å². The van der Waals surface area contributed by atoms with Crippen molar-refractivity contribution in [2.75, 3.05) is 12.4 Å². The van der Waals surface area contributed by atoms with Gasteiger partial charge in [-0.15, -0.1) is 11.3 Å². The molecule has 0 saturated heterocycles. The van der Waals surface area contributed by atoms with Gasteiger partial charge in [-0.3, -0.25) is 0 Å². The van der Waals surface area contributed by atoms with Gasteiger partial charge in [0.15, 0.2) is 5.69 Å². The van der Waals surface area contributed by atoms with Gasteiger partial charge >= 0.3 is 18.2 Å². The summed E-state index contributed by atoms with van der Waals surface area (Å²) in [5, 5.41) is 4.70. The second-order valence-electron chi connectivity index (χ2n) is 7.05. The van der Waals surface area contributed by atoms with Crippen LogP contribution in [-0.4, -0.2) is 35.0 Å². The Morgan fingerprint density at radius 3 is 2.67 bits per heavy atom. The second-order valence-corrected chi connectivity index (χ2v) is 7.99. The second kappa shape index (κ2) is 9.46. The standard InChI is InChI=1S/C20H22F3N3O3S/c1-29-18(27)16-12-30-17(25-16)11-26(15-8-3-2-4-9-15)19(28)24-14-7-5-6-13(10-14)20(21,22)23/h5-7,10,12,15H,2-4,8-9,11H2,1H3,(H,24,28). The van der Waals surface area contributed by atoms with Crippen molar-refractivity contribution < 1.29 is 27.5 Å². The minimum Gasteiger partial charge on any atom is -0.464 e. The molecule has 0 aliphatic heterocycles. The van der Waals surface area contributed by atoms with Crippen LogP contribution in [0.3, 0.4) is 0 Å². The van der Waals surface area contributed by atoms with E-state index in [1.165, 1.54) is 30.6 Å². The number of amides is 2. The van der Waals surface area contributed by atoms with E-state index in [9.17, 15) is 22.8 Å². The number of hydrogen-bond acceptors (Lipinski definition) is 5. The first kappa shape index (κ1) is 22.1. The Hall–Kier alpha value is -2.62. The van der Waals surface area contributed by atoms with Gasteiger partial charge in [-0.2, -0.15) is 13.2 Å². The van der Waals surface area contributed by atoms with Crippen molar-refractivity contribution in [2.45, 2.75) is 50.9 Å². The van der Waals surface area contributed by atoms with E-state index in [0.29, 0.717) is 5.01 Å². The van der Waals surface area contributed by atoms with Gasteiger partial charge in [0.2, 0.25) is 0 Å². The van der Waals surface area contributed by atoms with Crippen molar-refractivity contribution in [1.82, 2.24) is 9.88 Å². The number of methoxy groups -OCH3 is 1. The van der Waals surface area contributed by atoms with E-state index < -0.39 is 23.7 Å². The molecule has 30 heavy (non-hydrogen) atoms. The number of urea groups is 1. The summed E-state index contributed by atoms with van der Waals surface area (Å²) in [6.07, 6.45) is 0.168. The predicted molar refractivity (Wildman–Crippen MR) is 106 cm³/mol. The Bertz CT molecular complexity index is 895. The van der Waals surface area contributed by atoms with E-state index in [-0.39, 0.29) is 24.0 Å². The summed E-state index contributed by atoms with van der Waals surface area (Å²) >= 11 is 1.23. The fraction of sp³-hybridized carbons (Fsp3) is 0.450. The Balaban J connectivity index is 1.79. The number of nitrogens with one attached hydrogen (secondary N) is 1. The van der Waals surface area contributed by atoms with Crippen LogP contribution in [0.4, 0.5) is 23.7 Å². The number of esters is 1. The van der Waals surface area contributed by atoms with Gasteiger partial charge in [-0.25, -0.2) is 14.6 Å². The van der Waals surface area contributed by atoms with E-state index in [1.807, 2.05) is 0 Å². The molecule has 0 unspecified atom stereocenters. The number of alkyl halides is 3. The molecule has 2 amide bonds. The van der Waals surface area contributed by atoms with Crippen molar-refractivity contribution in [3.05, 3.63) is 45.9 Å². The maximum atomic E-state index is 13.0. The summed E-state index contributed by atoms with van der Waals surface area (Å²) in [6, 6.07) is 4.01. The van der Waals surface area contributed by atoms with Crippen molar-refractivity contribution in [1.29, 1.82) is 0 Å². The highest BCUT2D eigenvalue weighted by Gasteiger charge is 2.31. The number of benzene rings is 1. The third kappa shape index (κ3) is 5.50. The third-order valence-electron chi connectivity index (χ3n) is 4.97. The fourth-order valence-electron chi connectivity index (χ4n) is 3.46. The largest absolute Gasteiger partial charge is 0.464 e. The zero-order chi connectivity index (χ0) is 21.7. The molecule has 1 aromatic heterocycles. The molecule has 1 aliphatic rings. The van der Waals surface area contributed by atoms with Crippen LogP contribution in [0.15, 0.2) is 29.6 Å². The van der Waals surface area contributed by atoms with Gasteiger partial charge < -0.3 is 15.0 Å². The Morgan fingerprint density at radius 1 is 1.27 bits per heavy atom. The first-order valence-corrected chi connectivity index (χ1v) is 10.4. The van der Waals surface area contributed by atoms with Gasteiger partial charge in [0.1, 0.15) is 5.01 Å². The fourth-order valence-corrected chi connectivity index (χ4v) is 4.22. The molecule has 10 heteroatoms. The lowest BCUT2D eigenvalue weighted by atomic mass is 9.94. The van der Waals surface area contributed by atoms with E-state index in [0.717, 1.165) is 44.2 Å². The van der Waals surface area contributed by atoms with E-state index in [1.54, 1.807) is 10.3 Å². The van der Waals surface area contributed by atoms with Crippen LogP contribution in [0, 0.1) is 0 Å². The molecule has 1 heterocycles. The summed E-state index contributed by atoms with van der Waals surface area (Å²) in [7, 11) is 1.26. The molecular weight excluding hydrogens is 419 g/mol. The molecule has 1 N–H and O–H groups in total. The molecule has 1 saturated carbocycles. The molecule has 3 rings (SSSR count). The molecule has 1 fully saturated rings. The van der Waals surface area contributed by atoms with E-state index in [4.69, 9.17) is 0 Å². The molecule has 0 spiro atoms. The SMILES string of the molecule is COC(=O)c1csc(CN(C(=O)Nc2cccc(C(F)(F)F)c2)C2CCCCC2)n1. The minimum absolute atomic E-state index is 0.0463. The highest BCUT2D eigenvalue weighted by molar-refractivity contribution is 7.09. The quantitative estimate of drug-likeness (QED) is 0.638. The zero-order valence-electron chi connectivity index (χ0n) is 16.4. The van der Waals surface area contributed by atoms with Gasteiger partial charge in [-0.05, 0) is 31.0 Å².